The van der Waals surface area contributed by atoms with Gasteiger partial charge in [0.2, 0.25) is 5.91 Å². The van der Waals surface area contributed by atoms with Crippen molar-refractivity contribution in [3.8, 4) is 0 Å². The minimum atomic E-state index is 0. The lowest BCUT2D eigenvalue weighted by atomic mass is 9.54. The summed E-state index contributed by atoms with van der Waals surface area (Å²) in [5.74, 6) is 3.89. The van der Waals surface area contributed by atoms with E-state index < -0.39 is 0 Å². The first-order chi connectivity index (χ1) is 9.78. The third-order valence-electron chi connectivity index (χ3n) is 6.37. The van der Waals surface area contributed by atoms with E-state index in [-0.39, 0.29) is 12.4 Å². The fourth-order valence-corrected chi connectivity index (χ4v) is 5.71. The lowest BCUT2D eigenvalue weighted by molar-refractivity contribution is -0.126. The minimum absolute atomic E-state index is 0. The van der Waals surface area contributed by atoms with E-state index in [1.165, 1.54) is 51.4 Å². The highest BCUT2D eigenvalue weighted by Gasteiger charge is 2.48. The molecule has 3 nitrogen and oxygen atoms in total. The molecule has 1 N–H and O–H groups in total. The van der Waals surface area contributed by atoms with Crippen molar-refractivity contribution in [2.75, 3.05) is 19.6 Å². The Morgan fingerprint density at radius 2 is 1.48 bits per heavy atom. The summed E-state index contributed by atoms with van der Waals surface area (Å²) < 4.78 is 0. The molecular formula is C17H29ClN2O. The highest BCUT2D eigenvalue weighted by Crippen LogP contribution is 2.53. The zero-order valence-corrected chi connectivity index (χ0v) is 13.7. The molecule has 0 radical (unpaired) electrons. The minimum Gasteiger partial charge on any atom is -0.352 e. The van der Waals surface area contributed by atoms with Crippen LogP contribution in [0.5, 0.6) is 0 Å². The van der Waals surface area contributed by atoms with Crippen LogP contribution in [-0.2, 0) is 4.79 Å². The molecule has 1 heterocycles. The van der Waals surface area contributed by atoms with Crippen molar-refractivity contribution < 1.29 is 4.79 Å². The summed E-state index contributed by atoms with van der Waals surface area (Å²) in [6, 6.07) is 0.514. The van der Waals surface area contributed by atoms with E-state index in [0.29, 0.717) is 18.5 Å². The van der Waals surface area contributed by atoms with Gasteiger partial charge in [0.15, 0.2) is 0 Å². The predicted octanol–water partition coefficient (Wildman–Crippen LogP) is 2.84. The molecule has 120 valence electrons. The van der Waals surface area contributed by atoms with Gasteiger partial charge >= 0.3 is 0 Å². The SMILES string of the molecule is Cl.O=C(CN1CCCCC1)NC1C2CC3CC(C2)CC1C3. The predicted molar refractivity (Wildman–Crippen MR) is 86.5 cm³/mol. The Hall–Kier alpha value is -0.280. The second-order valence-electron chi connectivity index (χ2n) is 7.86. The number of piperidine rings is 1. The van der Waals surface area contributed by atoms with Crippen LogP contribution in [0, 0.1) is 23.7 Å². The van der Waals surface area contributed by atoms with E-state index >= 15 is 0 Å². The maximum absolute atomic E-state index is 12.4. The number of carbonyl (C=O) groups excluding carboxylic acids is 1. The number of rotatable bonds is 3. The Labute approximate surface area is 134 Å². The first-order valence-electron chi connectivity index (χ1n) is 8.79. The number of halogens is 1. The Balaban J connectivity index is 0.00000132. The monoisotopic (exact) mass is 312 g/mol. The van der Waals surface area contributed by atoms with Gasteiger partial charge in [-0.05, 0) is 81.7 Å². The van der Waals surface area contributed by atoms with Crippen LogP contribution in [0.2, 0.25) is 0 Å². The molecule has 5 fully saturated rings. The molecule has 5 rings (SSSR count). The highest BCUT2D eigenvalue weighted by molar-refractivity contribution is 5.85. The molecular weight excluding hydrogens is 284 g/mol. The van der Waals surface area contributed by atoms with Crippen LogP contribution in [0.1, 0.15) is 51.4 Å². The van der Waals surface area contributed by atoms with Crippen LogP contribution < -0.4 is 5.32 Å². The molecule has 4 bridgehead atoms. The first-order valence-corrected chi connectivity index (χ1v) is 8.79. The molecule has 1 amide bonds. The lowest BCUT2D eigenvalue weighted by Crippen LogP contribution is -2.57. The number of amides is 1. The van der Waals surface area contributed by atoms with Gasteiger partial charge in [-0.25, -0.2) is 0 Å². The first kappa shape index (κ1) is 15.6. The van der Waals surface area contributed by atoms with Gasteiger partial charge in [0, 0.05) is 6.04 Å². The number of likely N-dealkylation sites (tertiary alicyclic amines) is 1. The summed E-state index contributed by atoms with van der Waals surface area (Å²) in [4.78, 5) is 14.7. The van der Waals surface area contributed by atoms with Crippen LogP contribution >= 0.6 is 12.4 Å². The van der Waals surface area contributed by atoms with Crippen molar-refractivity contribution in [2.24, 2.45) is 23.7 Å². The zero-order valence-electron chi connectivity index (χ0n) is 12.9. The summed E-state index contributed by atoms with van der Waals surface area (Å²) in [7, 11) is 0. The van der Waals surface area contributed by atoms with Gasteiger partial charge in [-0.3, -0.25) is 9.69 Å². The number of nitrogens with one attached hydrogen (secondary N) is 1. The van der Waals surface area contributed by atoms with Crippen molar-refractivity contribution in [2.45, 2.75) is 57.4 Å². The quantitative estimate of drug-likeness (QED) is 0.869. The van der Waals surface area contributed by atoms with E-state index in [9.17, 15) is 4.79 Å². The summed E-state index contributed by atoms with van der Waals surface area (Å²) in [6.45, 7) is 2.88. The molecule has 0 spiro atoms. The van der Waals surface area contributed by atoms with Gasteiger partial charge in [0.1, 0.15) is 0 Å². The maximum atomic E-state index is 12.4. The second kappa shape index (κ2) is 6.45. The normalized spacial score (nSPS) is 41.6. The zero-order chi connectivity index (χ0) is 13.5. The summed E-state index contributed by atoms with van der Waals surface area (Å²) in [5.41, 5.74) is 0. The number of hydrogen-bond donors (Lipinski definition) is 1. The molecule has 5 aliphatic rings. The molecule has 0 unspecified atom stereocenters. The third kappa shape index (κ3) is 3.24. The lowest BCUT2D eigenvalue weighted by Gasteiger charge is -2.54. The van der Waals surface area contributed by atoms with Crippen molar-refractivity contribution in [1.82, 2.24) is 10.2 Å². The number of carbonyl (C=O) groups is 1. The van der Waals surface area contributed by atoms with Gasteiger partial charge in [0.05, 0.1) is 6.54 Å². The third-order valence-corrected chi connectivity index (χ3v) is 6.37. The largest absolute Gasteiger partial charge is 0.352 e. The van der Waals surface area contributed by atoms with Crippen LogP contribution in [0.4, 0.5) is 0 Å². The average Bonchev–Trinajstić information content (AvgIpc) is 2.43. The molecule has 4 heteroatoms. The summed E-state index contributed by atoms with van der Waals surface area (Å²) in [5, 5.41) is 3.43. The summed E-state index contributed by atoms with van der Waals surface area (Å²) >= 11 is 0. The van der Waals surface area contributed by atoms with Crippen molar-refractivity contribution in [1.29, 1.82) is 0 Å². The smallest absolute Gasteiger partial charge is 0.234 e. The van der Waals surface area contributed by atoms with Gasteiger partial charge in [-0.2, -0.15) is 0 Å². The van der Waals surface area contributed by atoms with E-state index in [1.54, 1.807) is 0 Å². The van der Waals surface area contributed by atoms with E-state index in [0.717, 1.165) is 36.8 Å². The van der Waals surface area contributed by atoms with Crippen LogP contribution in [0.3, 0.4) is 0 Å². The molecule has 0 aromatic rings. The fraction of sp³-hybridized carbons (Fsp3) is 0.941. The molecule has 4 saturated carbocycles. The van der Waals surface area contributed by atoms with Crippen LogP contribution in [0.15, 0.2) is 0 Å². The second-order valence-corrected chi connectivity index (χ2v) is 7.86. The van der Waals surface area contributed by atoms with Crippen molar-refractivity contribution in [3.63, 3.8) is 0 Å². The van der Waals surface area contributed by atoms with Gasteiger partial charge in [-0.1, -0.05) is 6.42 Å². The van der Waals surface area contributed by atoms with Crippen LogP contribution in [0.25, 0.3) is 0 Å². The van der Waals surface area contributed by atoms with Crippen molar-refractivity contribution >= 4 is 18.3 Å². The molecule has 21 heavy (non-hydrogen) atoms. The van der Waals surface area contributed by atoms with E-state index in [4.69, 9.17) is 0 Å². The molecule has 1 aliphatic heterocycles. The summed E-state index contributed by atoms with van der Waals surface area (Å²) in [6.07, 6.45) is 10.9. The Bertz CT molecular complexity index is 353. The van der Waals surface area contributed by atoms with E-state index in [1.807, 2.05) is 0 Å². The molecule has 0 aromatic heterocycles. The standard InChI is InChI=1S/C17H28N2O.ClH/c20-16(11-19-4-2-1-3-5-19)18-17-14-7-12-6-13(9-14)10-15(17)8-12;/h12-15,17H,1-11H2,(H,18,20);1H. The highest BCUT2D eigenvalue weighted by atomic mass is 35.5. The average molecular weight is 313 g/mol. The van der Waals surface area contributed by atoms with Gasteiger partial charge < -0.3 is 5.32 Å². The van der Waals surface area contributed by atoms with Gasteiger partial charge in [-0.15, -0.1) is 12.4 Å². The van der Waals surface area contributed by atoms with Crippen molar-refractivity contribution in [3.05, 3.63) is 0 Å². The molecule has 1 saturated heterocycles. The van der Waals surface area contributed by atoms with E-state index in [2.05, 4.69) is 10.2 Å². The Morgan fingerprint density at radius 1 is 0.905 bits per heavy atom. The molecule has 0 atom stereocenters. The Morgan fingerprint density at radius 3 is 2.05 bits per heavy atom. The fourth-order valence-electron chi connectivity index (χ4n) is 5.71. The topological polar surface area (TPSA) is 32.3 Å². The Kier molecular flexibility index (Phi) is 4.80. The van der Waals surface area contributed by atoms with Gasteiger partial charge in [0.25, 0.3) is 0 Å². The maximum Gasteiger partial charge on any atom is 0.234 e. The number of hydrogen-bond acceptors (Lipinski definition) is 2. The number of nitrogens with zero attached hydrogens (tertiary/aromatic N) is 1. The molecule has 0 aromatic carbocycles. The van der Waals surface area contributed by atoms with Crippen LogP contribution in [-0.4, -0.2) is 36.5 Å². The molecule has 4 aliphatic carbocycles.